The second-order valence-electron chi connectivity index (χ2n) is 12.9. The second-order valence-corrected chi connectivity index (χ2v) is 14.3. The molecule has 314 valence electrons. The Hall–Kier alpha value is -5.58. The Labute approximate surface area is 367 Å². The Kier molecular flexibility index (Phi) is 24.1. The van der Waals surface area contributed by atoms with Crippen molar-refractivity contribution in [1.82, 2.24) is 0 Å². The molecule has 0 N–H and O–H groups in total. The van der Waals surface area contributed by atoms with Gasteiger partial charge in [-0.3, -0.25) is 14.4 Å². The summed E-state index contributed by atoms with van der Waals surface area (Å²) < 4.78 is 26.9. The van der Waals surface area contributed by atoms with E-state index in [1.165, 1.54) is 19.8 Å². The first-order valence-electron chi connectivity index (χ1n) is 19.3. The first-order valence-corrected chi connectivity index (χ1v) is 20.9. The van der Waals surface area contributed by atoms with E-state index in [0.29, 0.717) is 32.0 Å². The van der Waals surface area contributed by atoms with Crippen molar-refractivity contribution < 1.29 is 38.1 Å². The molecule has 0 aliphatic heterocycles. The first kappa shape index (κ1) is 48.8. The molecule has 60 heavy (non-hydrogen) atoms. The average Bonchev–Trinajstić information content (AvgIpc) is 3.30. The first-order chi connectivity index (χ1) is 29.3. The quantitative estimate of drug-likeness (QED) is 0.0364. The Balaban J connectivity index is 0.000000235. The van der Waals surface area contributed by atoms with Gasteiger partial charge in [0.2, 0.25) is 6.29 Å². The maximum absolute atomic E-state index is 11.9. The lowest BCUT2D eigenvalue weighted by Crippen LogP contribution is -2.26. The monoisotopic (exact) mass is 894 g/mol. The smallest absolute Gasteiger partial charge is 0.217 e. The minimum absolute atomic E-state index is 0.108. The number of rotatable bonds is 18. The van der Waals surface area contributed by atoms with Crippen LogP contribution in [0, 0.1) is 0 Å². The van der Waals surface area contributed by atoms with Crippen LogP contribution in [0.5, 0.6) is 17.2 Å². The Morgan fingerprint density at radius 2 is 0.833 bits per heavy atom. The molecular weight excluding hydrogens is 844 g/mol. The average molecular weight is 896 g/mol. The lowest BCUT2D eigenvalue weighted by molar-refractivity contribution is -0.155. The molecule has 0 aliphatic rings. The number of carbonyl (C=O) groups excluding carboxylic acids is 3. The molecule has 0 aromatic heterocycles. The van der Waals surface area contributed by atoms with Crippen LogP contribution < -0.4 is 14.2 Å². The van der Waals surface area contributed by atoms with E-state index in [9.17, 15) is 14.4 Å². The fraction of sp³-hybridized carbons (Fsp3) is 0.220. The van der Waals surface area contributed by atoms with Gasteiger partial charge in [-0.05, 0) is 69.8 Å². The van der Waals surface area contributed by atoms with E-state index in [-0.39, 0.29) is 18.6 Å². The predicted molar refractivity (Wildman–Crippen MR) is 242 cm³/mol. The third-order valence-corrected chi connectivity index (χ3v) is 8.56. The topological polar surface area (TPSA) is 97.4 Å². The van der Waals surface area contributed by atoms with Gasteiger partial charge in [-0.15, -0.1) is 11.6 Å². The number of hydrogen-bond acceptors (Lipinski definition) is 8. The van der Waals surface area contributed by atoms with Gasteiger partial charge in [0.05, 0.1) is 0 Å². The molecule has 0 atom stereocenters. The minimum Gasteiger partial charge on any atom is -0.489 e. The fourth-order valence-electron chi connectivity index (χ4n) is 5.19. The number of halogens is 2. The molecule has 0 bridgehead atoms. The van der Waals surface area contributed by atoms with Crippen LogP contribution in [-0.4, -0.2) is 43.7 Å². The summed E-state index contributed by atoms with van der Waals surface area (Å²) in [5.41, 5.74) is 6.20. The lowest BCUT2D eigenvalue weighted by atomic mass is 10.1. The predicted octanol–water partition coefficient (Wildman–Crippen LogP) is 11.0. The highest BCUT2D eigenvalue weighted by molar-refractivity contribution is 9.09. The summed E-state index contributed by atoms with van der Waals surface area (Å²) in [6.07, 6.45) is -0.0536. The van der Waals surface area contributed by atoms with E-state index in [4.69, 9.17) is 35.3 Å². The fourth-order valence-corrected chi connectivity index (χ4v) is 5.37. The molecule has 0 radical (unpaired) electrons. The molecule has 6 aromatic rings. The molecule has 8 nitrogen and oxygen atoms in total. The summed E-state index contributed by atoms with van der Waals surface area (Å²) in [6, 6.07) is 52.5. The normalized spacial score (nSPS) is 10.0. The molecule has 0 fully saturated rings. The van der Waals surface area contributed by atoms with Crippen LogP contribution in [0.15, 0.2) is 164 Å². The van der Waals surface area contributed by atoms with E-state index in [0.717, 1.165) is 50.4 Å². The van der Waals surface area contributed by atoms with Gasteiger partial charge in [-0.1, -0.05) is 150 Å². The maximum Gasteiger partial charge on any atom is 0.217 e. The number of carbonyl (C=O) groups is 3. The number of alkyl halides is 2. The summed E-state index contributed by atoms with van der Waals surface area (Å²) >= 11 is 8.86. The lowest BCUT2D eigenvalue weighted by Gasteiger charge is -2.12. The number of methoxy groups -OCH3 is 2. The molecular formula is C50H52BrClO8. The molecule has 0 amide bonds. The van der Waals surface area contributed by atoms with Crippen LogP contribution in [0.2, 0.25) is 0 Å². The largest absolute Gasteiger partial charge is 0.489 e. The standard InChI is InChI=1S/C18H20O4.C16H14O3.C14H13ClO.C2H5Br/c1-20-18(21-2)17(19)12-14-8-10-16(11-9-14)22-13-15-6-4-3-5-7-15;17-11-15(18)10-13-6-8-16(9-7-13)19-12-14-4-2-1-3-5-14;15-10-12-6-8-14(9-7-12)16-11-13-4-2-1-3-5-13;1-2-3/h3-11,18H,12-13H2,1-2H3;1-9,11H,10,12H2;1-9H,10-11H2;2H2,1H3. The second kappa shape index (κ2) is 29.6. The van der Waals surface area contributed by atoms with Crippen molar-refractivity contribution in [2.75, 3.05) is 19.5 Å². The molecule has 0 spiro atoms. The van der Waals surface area contributed by atoms with Crippen molar-refractivity contribution in [3.05, 3.63) is 197 Å². The van der Waals surface area contributed by atoms with Crippen LogP contribution in [0.1, 0.15) is 40.3 Å². The van der Waals surface area contributed by atoms with E-state index in [1.807, 2.05) is 146 Å². The third-order valence-electron chi connectivity index (χ3n) is 8.25. The zero-order valence-electron chi connectivity index (χ0n) is 34.2. The summed E-state index contributed by atoms with van der Waals surface area (Å²) in [5.74, 6) is 2.40. The summed E-state index contributed by atoms with van der Waals surface area (Å²) in [5, 5.41) is 1.06. The molecule has 0 saturated heterocycles. The van der Waals surface area contributed by atoms with E-state index < -0.39 is 12.1 Å². The van der Waals surface area contributed by atoms with Crippen molar-refractivity contribution in [2.24, 2.45) is 0 Å². The van der Waals surface area contributed by atoms with Crippen LogP contribution in [-0.2, 0) is 62.4 Å². The number of hydrogen-bond donors (Lipinski definition) is 0. The number of aldehydes is 1. The molecule has 0 heterocycles. The Morgan fingerprint density at radius 1 is 0.517 bits per heavy atom. The van der Waals surface area contributed by atoms with Gasteiger partial charge >= 0.3 is 0 Å². The summed E-state index contributed by atoms with van der Waals surface area (Å²) in [6.45, 7) is 3.67. The number of Topliss-reactive ketones (excluding diaryl/α,β-unsaturated/α-hetero) is 2. The van der Waals surface area contributed by atoms with Crippen molar-refractivity contribution in [2.45, 2.75) is 51.8 Å². The van der Waals surface area contributed by atoms with Crippen molar-refractivity contribution in [3.63, 3.8) is 0 Å². The van der Waals surface area contributed by atoms with Crippen molar-refractivity contribution in [1.29, 1.82) is 0 Å². The van der Waals surface area contributed by atoms with Gasteiger partial charge in [-0.25, -0.2) is 0 Å². The van der Waals surface area contributed by atoms with Gasteiger partial charge in [0.1, 0.15) is 37.1 Å². The number of ether oxygens (including phenoxy) is 5. The Bertz CT molecular complexity index is 2040. The van der Waals surface area contributed by atoms with E-state index in [1.54, 1.807) is 24.3 Å². The highest BCUT2D eigenvalue weighted by Crippen LogP contribution is 2.17. The van der Waals surface area contributed by atoms with Gasteiger partial charge in [0.25, 0.3) is 0 Å². The zero-order chi connectivity index (χ0) is 43.2. The summed E-state index contributed by atoms with van der Waals surface area (Å²) in [4.78, 5) is 33.1. The van der Waals surface area contributed by atoms with Crippen molar-refractivity contribution >= 4 is 45.4 Å². The van der Waals surface area contributed by atoms with Gasteiger partial charge < -0.3 is 23.7 Å². The molecule has 6 rings (SSSR count). The molecule has 0 aliphatic carbocycles. The number of ketones is 2. The molecule has 0 saturated carbocycles. The highest BCUT2D eigenvalue weighted by atomic mass is 79.9. The molecule has 10 heteroatoms. The van der Waals surface area contributed by atoms with Crippen molar-refractivity contribution in [3.8, 4) is 17.2 Å². The maximum atomic E-state index is 11.9. The van der Waals surface area contributed by atoms with Crippen LogP contribution >= 0.6 is 27.5 Å². The van der Waals surface area contributed by atoms with Gasteiger partial charge in [0.15, 0.2) is 17.9 Å². The van der Waals surface area contributed by atoms with Crippen LogP contribution in [0.3, 0.4) is 0 Å². The molecule has 6 aromatic carbocycles. The zero-order valence-corrected chi connectivity index (χ0v) is 36.6. The summed E-state index contributed by atoms with van der Waals surface area (Å²) in [7, 11) is 2.90. The SMILES string of the molecule is CCBr.COC(OC)C(=O)Cc1ccc(OCc2ccccc2)cc1.ClCc1ccc(OCc2ccccc2)cc1.O=CC(=O)Cc1ccc(OCc2ccccc2)cc1. The number of benzene rings is 6. The highest BCUT2D eigenvalue weighted by Gasteiger charge is 2.17. The van der Waals surface area contributed by atoms with Gasteiger partial charge in [0, 0.05) is 38.3 Å². The third kappa shape index (κ3) is 19.9. The van der Waals surface area contributed by atoms with Crippen LogP contribution in [0.25, 0.3) is 0 Å². The van der Waals surface area contributed by atoms with Gasteiger partial charge in [-0.2, -0.15) is 0 Å². The van der Waals surface area contributed by atoms with Crippen LogP contribution in [0.4, 0.5) is 0 Å². The van der Waals surface area contributed by atoms with E-state index >= 15 is 0 Å². The molecule has 0 unspecified atom stereocenters. The Morgan fingerprint density at radius 3 is 1.13 bits per heavy atom. The van der Waals surface area contributed by atoms with E-state index in [2.05, 4.69) is 15.9 Å². The minimum atomic E-state index is -0.811.